The van der Waals surface area contributed by atoms with Crippen LogP contribution in [0, 0.1) is 0 Å². The molecule has 3 heterocycles. The molecule has 0 aliphatic carbocycles. The molecule has 1 amide bonds. The number of ether oxygens (including phenoxy) is 1. The number of benzene rings is 1. The number of likely N-dealkylation sites (tertiary alicyclic amines) is 1. The number of hydrogen-bond donors (Lipinski definition) is 0. The lowest BCUT2D eigenvalue weighted by atomic mass is 9.92. The number of amidine groups is 1. The molecule has 1 atom stereocenters. The third-order valence-corrected chi connectivity index (χ3v) is 7.16. The lowest BCUT2D eigenvalue weighted by molar-refractivity contribution is -0.143. The molecule has 0 N–H and O–H groups in total. The lowest BCUT2D eigenvalue weighted by Crippen LogP contribution is -2.38. The molecule has 176 valence electrons. The molecule has 1 saturated heterocycles. The van der Waals surface area contributed by atoms with Crippen molar-refractivity contribution < 1.29 is 14.3 Å². The van der Waals surface area contributed by atoms with Crippen LogP contribution in [0.2, 0.25) is 0 Å². The maximum Gasteiger partial charge on any atom is 0.338 e. The number of fused-ring (bicyclic) bond motifs is 1. The quantitative estimate of drug-likeness (QED) is 0.528. The smallest absolute Gasteiger partial charge is 0.338 e. The van der Waals surface area contributed by atoms with Gasteiger partial charge >= 0.3 is 5.97 Å². The predicted molar refractivity (Wildman–Crippen MR) is 133 cm³/mol. The van der Waals surface area contributed by atoms with Crippen molar-refractivity contribution in [2.75, 3.05) is 13.1 Å². The normalized spacial score (nSPS) is 20.4. The molecule has 1 unspecified atom stereocenters. The van der Waals surface area contributed by atoms with Gasteiger partial charge in [0.25, 0.3) is 0 Å². The lowest BCUT2D eigenvalue weighted by Gasteiger charge is -2.36. The van der Waals surface area contributed by atoms with Crippen LogP contribution in [0.1, 0.15) is 77.0 Å². The molecule has 7 heteroatoms. The average Bonchev–Trinajstić information content (AvgIpc) is 3.43. The summed E-state index contributed by atoms with van der Waals surface area (Å²) < 4.78 is 5.63. The zero-order valence-corrected chi connectivity index (χ0v) is 20.9. The Balaban J connectivity index is 1.72. The number of amides is 1. The molecule has 6 nitrogen and oxygen atoms in total. The van der Waals surface area contributed by atoms with E-state index in [9.17, 15) is 9.59 Å². The number of esters is 1. The molecule has 0 spiro atoms. The van der Waals surface area contributed by atoms with E-state index >= 15 is 0 Å². The molecule has 33 heavy (non-hydrogen) atoms. The Labute approximate surface area is 200 Å². The maximum atomic E-state index is 13.2. The van der Waals surface area contributed by atoms with Crippen LogP contribution >= 0.6 is 11.8 Å². The van der Waals surface area contributed by atoms with Gasteiger partial charge in [-0.1, -0.05) is 49.9 Å². The minimum Gasteiger partial charge on any atom is -0.459 e. The van der Waals surface area contributed by atoms with Gasteiger partial charge in [0.1, 0.15) is 0 Å². The van der Waals surface area contributed by atoms with E-state index in [1.165, 1.54) is 17.3 Å². The minimum absolute atomic E-state index is 0.132. The van der Waals surface area contributed by atoms with Gasteiger partial charge < -0.3 is 14.5 Å². The molecular weight excluding hydrogens is 434 g/mol. The van der Waals surface area contributed by atoms with E-state index in [4.69, 9.17) is 9.73 Å². The molecule has 0 saturated carbocycles. The molecule has 0 radical (unpaired) electrons. The van der Waals surface area contributed by atoms with E-state index in [0.29, 0.717) is 23.6 Å². The molecule has 3 aliphatic rings. The molecular formula is C26H33N3O3S. The van der Waals surface area contributed by atoms with E-state index in [1.807, 2.05) is 31.1 Å². The molecule has 3 aliphatic heterocycles. The van der Waals surface area contributed by atoms with Crippen molar-refractivity contribution in [2.45, 2.75) is 71.9 Å². The van der Waals surface area contributed by atoms with Crippen LogP contribution in [0.4, 0.5) is 0 Å². The largest absolute Gasteiger partial charge is 0.459 e. The second-order valence-corrected chi connectivity index (χ2v) is 10.3. The fraction of sp³-hybridized carbons (Fsp3) is 0.500. The Morgan fingerprint density at radius 2 is 1.79 bits per heavy atom. The van der Waals surface area contributed by atoms with Gasteiger partial charge in [0, 0.05) is 18.8 Å². The summed E-state index contributed by atoms with van der Waals surface area (Å²) in [5, 5.41) is 2.81. The monoisotopic (exact) mass is 467 g/mol. The van der Waals surface area contributed by atoms with Crippen LogP contribution in [0.3, 0.4) is 0 Å². The fourth-order valence-corrected chi connectivity index (χ4v) is 5.48. The Kier molecular flexibility index (Phi) is 6.98. The topological polar surface area (TPSA) is 62.2 Å². The van der Waals surface area contributed by atoms with Gasteiger partial charge in [0.2, 0.25) is 5.91 Å². The van der Waals surface area contributed by atoms with Crippen molar-refractivity contribution in [3.63, 3.8) is 0 Å². The molecule has 1 aromatic rings. The summed E-state index contributed by atoms with van der Waals surface area (Å²) in [6, 6.07) is 8.03. The van der Waals surface area contributed by atoms with E-state index in [1.54, 1.807) is 0 Å². The van der Waals surface area contributed by atoms with Gasteiger partial charge in [-0.05, 0) is 56.1 Å². The van der Waals surface area contributed by atoms with Crippen molar-refractivity contribution in [2.24, 2.45) is 4.99 Å². The second kappa shape index (κ2) is 9.75. The highest BCUT2D eigenvalue weighted by Crippen LogP contribution is 2.45. The molecule has 4 rings (SSSR count). The van der Waals surface area contributed by atoms with Gasteiger partial charge in [-0.3, -0.25) is 4.79 Å². The Hall–Kier alpha value is -2.54. The van der Waals surface area contributed by atoms with E-state index < -0.39 is 0 Å². The summed E-state index contributed by atoms with van der Waals surface area (Å²) >= 11 is 1.51. The third-order valence-electron chi connectivity index (χ3n) is 6.27. The summed E-state index contributed by atoms with van der Waals surface area (Å²) in [6.45, 7) is 11.5. The number of thioether (sulfide) groups is 1. The number of aliphatic imine (C=N–C) groups is 1. The average molecular weight is 468 g/mol. The maximum absolute atomic E-state index is 13.2. The first kappa shape index (κ1) is 23.6. The molecule has 0 bridgehead atoms. The number of carbonyl (C=O) groups excluding carboxylic acids is 2. The van der Waals surface area contributed by atoms with Crippen LogP contribution in [0.15, 0.2) is 51.6 Å². The summed E-state index contributed by atoms with van der Waals surface area (Å²) in [5.74, 6) is 0.193. The van der Waals surface area contributed by atoms with Crippen molar-refractivity contribution in [3.8, 4) is 0 Å². The summed E-state index contributed by atoms with van der Waals surface area (Å²) in [5.41, 5.74) is 4.32. The zero-order valence-electron chi connectivity index (χ0n) is 20.1. The standard InChI is InChI=1S/C26H33N3O3S/c1-16(2)19-8-10-20(11-9-19)24-23(25(31)32-17(3)4)18(5)27-26-29(24)21(15-33-26)14-22(30)28-12-6-7-13-28/h8-11,15-17,24H,6-7,12-14H2,1-5H3. The summed E-state index contributed by atoms with van der Waals surface area (Å²) in [7, 11) is 0. The summed E-state index contributed by atoms with van der Waals surface area (Å²) in [4.78, 5) is 34.9. The number of carbonyl (C=O) groups is 2. The number of allylic oxidation sites excluding steroid dienone is 1. The van der Waals surface area contributed by atoms with Crippen molar-refractivity contribution in [1.82, 2.24) is 9.80 Å². The van der Waals surface area contributed by atoms with Gasteiger partial charge in [-0.2, -0.15) is 0 Å². The highest BCUT2D eigenvalue weighted by atomic mass is 32.2. The van der Waals surface area contributed by atoms with Gasteiger partial charge in [0.15, 0.2) is 5.17 Å². The van der Waals surface area contributed by atoms with E-state index in [2.05, 4.69) is 43.0 Å². The summed E-state index contributed by atoms with van der Waals surface area (Å²) in [6.07, 6.45) is 2.20. The molecule has 1 fully saturated rings. The first-order valence-corrected chi connectivity index (χ1v) is 12.7. The third kappa shape index (κ3) is 4.88. The molecule has 0 aromatic heterocycles. The van der Waals surface area contributed by atoms with Crippen molar-refractivity contribution in [3.05, 3.63) is 57.8 Å². The first-order valence-electron chi connectivity index (χ1n) is 11.8. The number of hydrogen-bond acceptors (Lipinski definition) is 6. The van der Waals surface area contributed by atoms with Gasteiger partial charge in [-0.15, -0.1) is 0 Å². The number of nitrogens with zero attached hydrogens (tertiary/aromatic N) is 3. The van der Waals surface area contributed by atoms with Gasteiger partial charge in [-0.25, -0.2) is 9.79 Å². The Bertz CT molecular complexity index is 1020. The Morgan fingerprint density at radius 1 is 1.12 bits per heavy atom. The minimum atomic E-state index is -0.377. The van der Waals surface area contributed by atoms with Gasteiger partial charge in [0.05, 0.1) is 29.8 Å². The van der Waals surface area contributed by atoms with Crippen molar-refractivity contribution in [1.29, 1.82) is 0 Å². The zero-order chi connectivity index (χ0) is 23.7. The predicted octanol–water partition coefficient (Wildman–Crippen LogP) is 5.35. The van der Waals surface area contributed by atoms with E-state index in [-0.39, 0.29) is 24.0 Å². The van der Waals surface area contributed by atoms with Crippen LogP contribution in [0.5, 0.6) is 0 Å². The highest BCUT2D eigenvalue weighted by molar-refractivity contribution is 8.16. The van der Waals surface area contributed by atoms with Crippen LogP contribution in [-0.2, 0) is 14.3 Å². The van der Waals surface area contributed by atoms with Crippen LogP contribution in [-0.4, -0.2) is 46.0 Å². The first-order chi connectivity index (χ1) is 15.8. The van der Waals surface area contributed by atoms with E-state index in [0.717, 1.165) is 42.4 Å². The second-order valence-electron chi connectivity index (χ2n) is 9.43. The highest BCUT2D eigenvalue weighted by Gasteiger charge is 2.41. The number of rotatable bonds is 6. The molecule has 1 aromatic carbocycles. The fourth-order valence-electron chi connectivity index (χ4n) is 4.52. The van der Waals surface area contributed by atoms with Crippen molar-refractivity contribution >= 4 is 28.8 Å². The Morgan fingerprint density at radius 3 is 2.39 bits per heavy atom. The van der Waals surface area contributed by atoms with Crippen LogP contribution in [0.25, 0.3) is 0 Å². The van der Waals surface area contributed by atoms with Crippen LogP contribution < -0.4 is 0 Å². The SMILES string of the molecule is CC1=C(C(=O)OC(C)C)C(c2ccc(C(C)C)cc2)N2C(CC(=O)N3CCCC3)=CSC2=N1.